The number of hydrogen-bond donors (Lipinski definition) is 0. The molecule has 0 aliphatic rings. The highest BCUT2D eigenvalue weighted by Gasteiger charge is 2.22. The van der Waals surface area contributed by atoms with Crippen molar-refractivity contribution in [3.05, 3.63) is 30.8 Å². The van der Waals surface area contributed by atoms with Gasteiger partial charge >= 0.3 is 22.5 Å². The van der Waals surface area contributed by atoms with Gasteiger partial charge in [0, 0.05) is 0 Å². The standard InChI is InChI=1S/C4Cl2N10O4/c5-1-7-3(15(17)18)9-13(1)11-12-14-2(6)8-4(10-14)16(19)20. The van der Waals surface area contributed by atoms with E-state index in [-0.39, 0.29) is 0 Å². The number of nitrogens with zero attached hydrogens (tertiary/aromatic N) is 10. The molecule has 16 heteroatoms. The molecule has 0 N–H and O–H groups in total. The van der Waals surface area contributed by atoms with Gasteiger partial charge in [0.15, 0.2) is 0 Å². The number of nitro groups is 2. The smallest absolute Gasteiger partial charge is 0.390 e. The van der Waals surface area contributed by atoms with E-state index < -0.39 is 32.3 Å². The van der Waals surface area contributed by atoms with Crippen LogP contribution in [0.25, 0.3) is 0 Å². The molecule has 0 unspecified atom stereocenters. The summed E-state index contributed by atoms with van der Waals surface area (Å²) in [6.45, 7) is 0. The summed E-state index contributed by atoms with van der Waals surface area (Å²) in [6, 6.07) is 0. The van der Waals surface area contributed by atoms with E-state index in [1.165, 1.54) is 0 Å². The normalized spacial score (nSPS) is 11.1. The molecule has 0 aliphatic heterocycles. The topological polar surface area (TPSA) is 172 Å². The number of rotatable bonds is 4. The van der Waals surface area contributed by atoms with Gasteiger partial charge in [-0.1, -0.05) is 0 Å². The Morgan fingerprint density at radius 3 is 1.50 bits per heavy atom. The lowest BCUT2D eigenvalue weighted by Crippen LogP contribution is -1.97. The predicted octanol–water partition coefficient (Wildman–Crippen LogP) is 0.671. The zero-order valence-corrected chi connectivity index (χ0v) is 10.4. The van der Waals surface area contributed by atoms with Crippen LogP contribution >= 0.6 is 23.2 Å². The molecule has 0 fully saturated rings. The molecule has 0 aromatic carbocycles. The molecule has 0 spiro atoms. The van der Waals surface area contributed by atoms with Crippen LogP contribution in [0.2, 0.25) is 10.6 Å². The first-order chi connectivity index (χ1) is 9.38. The minimum atomic E-state index is -0.898. The van der Waals surface area contributed by atoms with Gasteiger partial charge in [0.2, 0.25) is 0 Å². The van der Waals surface area contributed by atoms with E-state index in [1.807, 2.05) is 0 Å². The first-order valence-electron chi connectivity index (χ1n) is 4.34. The Bertz CT molecular complexity index is 659. The molecule has 0 saturated heterocycles. The second-order valence-corrected chi connectivity index (χ2v) is 3.51. The second kappa shape index (κ2) is 5.10. The van der Waals surface area contributed by atoms with Gasteiger partial charge in [-0.15, -0.1) is 0 Å². The van der Waals surface area contributed by atoms with Crippen molar-refractivity contribution in [1.29, 1.82) is 0 Å². The third-order valence-corrected chi connectivity index (χ3v) is 2.09. The molecule has 2 heterocycles. The molecule has 104 valence electrons. The fraction of sp³-hybridized carbons (Fsp3) is 0. The quantitative estimate of drug-likeness (QED) is 0.448. The molecule has 20 heavy (non-hydrogen) atoms. The molecule has 0 radical (unpaired) electrons. The molecule has 2 aromatic rings. The molecular weight excluding hydrogens is 323 g/mol. The average molecular weight is 323 g/mol. The summed E-state index contributed by atoms with van der Waals surface area (Å²) in [6.07, 6.45) is 0. The predicted molar refractivity (Wildman–Crippen MR) is 59.0 cm³/mol. The van der Waals surface area contributed by atoms with E-state index in [0.717, 1.165) is 0 Å². The summed E-state index contributed by atoms with van der Waals surface area (Å²) in [5, 5.41) is 33.0. The van der Waals surface area contributed by atoms with Crippen molar-refractivity contribution >= 4 is 35.1 Å². The first-order valence-corrected chi connectivity index (χ1v) is 5.10. The van der Waals surface area contributed by atoms with Gasteiger partial charge in [-0.2, -0.15) is 0 Å². The van der Waals surface area contributed by atoms with E-state index in [9.17, 15) is 20.2 Å². The lowest BCUT2D eigenvalue weighted by Gasteiger charge is -1.84. The Balaban J connectivity index is 2.29. The highest BCUT2D eigenvalue weighted by molar-refractivity contribution is 6.28. The van der Waals surface area contributed by atoms with Crippen LogP contribution in [0.5, 0.6) is 0 Å². The maximum absolute atomic E-state index is 10.4. The summed E-state index contributed by atoms with van der Waals surface area (Å²) in [4.78, 5) is 26.5. The second-order valence-electron chi connectivity index (χ2n) is 2.83. The van der Waals surface area contributed by atoms with Crippen LogP contribution in [0.15, 0.2) is 10.4 Å². The number of halogens is 2. The van der Waals surface area contributed by atoms with E-state index in [0.29, 0.717) is 9.58 Å². The third kappa shape index (κ3) is 2.64. The minimum absolute atomic E-state index is 0.453. The fourth-order valence-electron chi connectivity index (χ4n) is 0.895. The lowest BCUT2D eigenvalue weighted by molar-refractivity contribution is -0.394. The van der Waals surface area contributed by atoms with Crippen LogP contribution in [0.3, 0.4) is 0 Å². The van der Waals surface area contributed by atoms with Crippen molar-refractivity contribution in [3.8, 4) is 0 Å². The summed E-state index contributed by atoms with van der Waals surface area (Å²) in [7, 11) is 0. The largest absolute Gasteiger partial charge is 0.494 e. The van der Waals surface area contributed by atoms with Crippen molar-refractivity contribution < 1.29 is 9.85 Å². The Kier molecular flexibility index (Phi) is 3.49. The van der Waals surface area contributed by atoms with Crippen molar-refractivity contribution in [3.63, 3.8) is 0 Å². The van der Waals surface area contributed by atoms with Crippen LogP contribution in [-0.2, 0) is 0 Å². The van der Waals surface area contributed by atoms with Gasteiger partial charge in [-0.05, 0) is 63.0 Å². The number of aromatic nitrogens is 6. The zero-order chi connectivity index (χ0) is 14.9. The van der Waals surface area contributed by atoms with Gasteiger partial charge in [-0.25, -0.2) is 0 Å². The van der Waals surface area contributed by atoms with Gasteiger partial charge < -0.3 is 20.2 Å². The summed E-state index contributed by atoms with van der Waals surface area (Å²) in [5.74, 6) is -1.60. The minimum Gasteiger partial charge on any atom is -0.390 e. The van der Waals surface area contributed by atoms with E-state index in [1.54, 1.807) is 0 Å². The van der Waals surface area contributed by atoms with E-state index in [2.05, 4.69) is 30.6 Å². The summed E-state index contributed by atoms with van der Waals surface area (Å²) < 4.78 is 0. The number of hydrogen-bond acceptors (Lipinski definition) is 10. The van der Waals surface area contributed by atoms with Crippen molar-refractivity contribution in [1.82, 2.24) is 29.7 Å². The third-order valence-electron chi connectivity index (χ3n) is 1.62. The van der Waals surface area contributed by atoms with Crippen LogP contribution in [0.1, 0.15) is 0 Å². The molecule has 0 atom stereocenters. The van der Waals surface area contributed by atoms with Gasteiger partial charge in [-0.3, -0.25) is 0 Å². The highest BCUT2D eigenvalue weighted by atomic mass is 35.5. The average Bonchev–Trinajstić information content (AvgIpc) is 2.91. The Morgan fingerprint density at radius 1 is 0.900 bits per heavy atom. The monoisotopic (exact) mass is 322 g/mol. The SMILES string of the molecule is O=[N+]([O-])c1nc(Cl)n(N=Nn2nc([N+](=O)[O-])nc2Cl)n1. The lowest BCUT2D eigenvalue weighted by atomic mass is 11.1. The van der Waals surface area contributed by atoms with Crippen LogP contribution in [-0.4, -0.2) is 39.6 Å². The van der Waals surface area contributed by atoms with Crippen LogP contribution in [0, 0.1) is 20.2 Å². The first kappa shape index (κ1) is 13.7. The molecule has 14 nitrogen and oxygen atoms in total. The Labute approximate surface area is 116 Å². The van der Waals surface area contributed by atoms with Crippen molar-refractivity contribution in [2.45, 2.75) is 0 Å². The van der Waals surface area contributed by atoms with Crippen LogP contribution < -0.4 is 0 Å². The maximum atomic E-state index is 10.4. The molecule has 0 amide bonds. The van der Waals surface area contributed by atoms with Gasteiger partial charge in [0.1, 0.15) is 0 Å². The Hall–Kier alpha value is -2.74. The van der Waals surface area contributed by atoms with E-state index in [4.69, 9.17) is 23.2 Å². The van der Waals surface area contributed by atoms with Gasteiger partial charge in [0.05, 0.1) is 10.2 Å². The molecular formula is C4Cl2N10O4. The van der Waals surface area contributed by atoms with Crippen molar-refractivity contribution in [2.24, 2.45) is 10.4 Å². The molecule has 2 rings (SSSR count). The van der Waals surface area contributed by atoms with Crippen molar-refractivity contribution in [2.75, 3.05) is 0 Å². The molecule has 0 saturated carbocycles. The van der Waals surface area contributed by atoms with E-state index >= 15 is 0 Å². The van der Waals surface area contributed by atoms with Gasteiger partial charge in [0.25, 0.3) is 0 Å². The Morgan fingerprint density at radius 2 is 1.25 bits per heavy atom. The van der Waals surface area contributed by atoms with Crippen LogP contribution in [0.4, 0.5) is 11.9 Å². The zero-order valence-electron chi connectivity index (χ0n) is 8.86. The summed E-state index contributed by atoms with van der Waals surface area (Å²) >= 11 is 11.0. The molecule has 2 aromatic heterocycles. The maximum Gasteiger partial charge on any atom is 0.494 e. The fourth-order valence-corrected chi connectivity index (χ4v) is 1.19. The highest BCUT2D eigenvalue weighted by Crippen LogP contribution is 2.13. The molecule has 0 aliphatic carbocycles. The molecule has 0 bridgehead atoms. The summed E-state index contributed by atoms with van der Waals surface area (Å²) in [5.41, 5.74) is 0.